The fraction of sp³-hybridized carbons (Fsp3) is 0.269. The van der Waals surface area contributed by atoms with Crippen LogP contribution in [0.4, 0.5) is 5.69 Å². The molecular formula is C26H25N5. The predicted molar refractivity (Wildman–Crippen MR) is 124 cm³/mol. The van der Waals surface area contributed by atoms with E-state index in [1.807, 2.05) is 28.8 Å². The maximum absolute atomic E-state index is 7.27. The molecule has 3 heterocycles. The third-order valence-electron chi connectivity index (χ3n) is 6.24. The van der Waals surface area contributed by atoms with E-state index in [4.69, 9.17) is 6.57 Å². The van der Waals surface area contributed by atoms with E-state index in [0.29, 0.717) is 5.69 Å². The molecule has 5 heteroatoms. The molecule has 0 aliphatic carbocycles. The van der Waals surface area contributed by atoms with Gasteiger partial charge in [0.25, 0.3) is 0 Å². The molecule has 0 amide bonds. The minimum atomic E-state index is 0.649. The topological polar surface area (TPSA) is 46.6 Å². The molecule has 2 aromatic carbocycles. The monoisotopic (exact) mass is 407 g/mol. The summed E-state index contributed by atoms with van der Waals surface area (Å²) in [6, 6.07) is 18.7. The molecule has 0 radical (unpaired) electrons. The molecule has 31 heavy (non-hydrogen) atoms. The van der Waals surface area contributed by atoms with Crippen molar-refractivity contribution in [1.29, 1.82) is 0 Å². The summed E-state index contributed by atoms with van der Waals surface area (Å²) in [6.45, 7) is 11.6. The lowest BCUT2D eigenvalue weighted by Crippen LogP contribution is -2.10. The summed E-state index contributed by atoms with van der Waals surface area (Å²) >= 11 is 0. The Morgan fingerprint density at radius 3 is 2.58 bits per heavy atom. The molecule has 5 rings (SSSR count). The van der Waals surface area contributed by atoms with E-state index in [2.05, 4.69) is 57.5 Å². The lowest BCUT2D eigenvalue weighted by Gasteiger charge is -2.16. The molecule has 1 aliphatic heterocycles. The lowest BCUT2D eigenvalue weighted by molar-refractivity contribution is 0.533. The molecule has 154 valence electrons. The number of fused-ring (bicyclic) bond motifs is 1. The van der Waals surface area contributed by atoms with Gasteiger partial charge in [-0.2, -0.15) is 5.10 Å². The Morgan fingerprint density at radius 1 is 1.10 bits per heavy atom. The molecule has 1 saturated heterocycles. The van der Waals surface area contributed by atoms with Crippen molar-refractivity contribution in [1.82, 2.24) is 19.9 Å². The summed E-state index contributed by atoms with van der Waals surface area (Å²) in [5.74, 6) is 0.723. The van der Waals surface area contributed by atoms with E-state index in [1.54, 1.807) is 6.33 Å². The molecule has 0 saturated carbocycles. The van der Waals surface area contributed by atoms with Crippen LogP contribution in [-0.2, 0) is 6.42 Å². The second kappa shape index (κ2) is 8.33. The summed E-state index contributed by atoms with van der Waals surface area (Å²) in [4.78, 5) is 8.17. The summed E-state index contributed by atoms with van der Waals surface area (Å²) in [5, 5.41) is 8.09. The van der Waals surface area contributed by atoms with Crippen LogP contribution in [-0.4, -0.2) is 27.7 Å². The first-order chi connectivity index (χ1) is 15.2. The molecule has 2 aromatic heterocycles. The van der Waals surface area contributed by atoms with E-state index in [-0.39, 0.29) is 0 Å². The normalized spacial score (nSPS) is 15.9. The van der Waals surface area contributed by atoms with Crippen LogP contribution in [0.3, 0.4) is 0 Å². The summed E-state index contributed by atoms with van der Waals surface area (Å²) in [6.07, 6.45) is 5.03. The van der Waals surface area contributed by atoms with Crippen molar-refractivity contribution in [2.45, 2.75) is 26.2 Å². The van der Waals surface area contributed by atoms with E-state index in [1.165, 1.54) is 17.5 Å². The highest BCUT2D eigenvalue weighted by atomic mass is 15.3. The Kier molecular flexibility index (Phi) is 5.23. The summed E-state index contributed by atoms with van der Waals surface area (Å²) in [7, 11) is 0. The Balaban J connectivity index is 1.67. The first-order valence-electron chi connectivity index (χ1n) is 10.8. The standard InChI is InChI=1S/C26H25N5/c1-18-3-6-21(7-4-18)25-24(20-9-11-23(27-2)12-10-20)15-22(26-29-17-30-31(25)26)8-5-19-13-14-28-16-19/h3-4,6-7,9-12,15,17,19,28H,5,8,13-14,16H2,1H3. The number of hydrogen-bond acceptors (Lipinski definition) is 3. The van der Waals surface area contributed by atoms with Gasteiger partial charge < -0.3 is 5.32 Å². The Labute approximate surface area is 182 Å². The van der Waals surface area contributed by atoms with Crippen LogP contribution >= 0.6 is 0 Å². The summed E-state index contributed by atoms with van der Waals surface area (Å²) in [5.41, 5.74) is 8.39. The van der Waals surface area contributed by atoms with Gasteiger partial charge >= 0.3 is 0 Å². The van der Waals surface area contributed by atoms with Gasteiger partial charge in [-0.25, -0.2) is 14.3 Å². The molecule has 0 bridgehead atoms. The molecule has 1 unspecified atom stereocenters. The summed E-state index contributed by atoms with van der Waals surface area (Å²) < 4.78 is 1.99. The minimum Gasteiger partial charge on any atom is -0.316 e. The molecule has 0 spiro atoms. The molecule has 1 atom stereocenters. The maximum Gasteiger partial charge on any atom is 0.187 e. The number of aromatic nitrogens is 3. The van der Waals surface area contributed by atoms with Gasteiger partial charge in [0.2, 0.25) is 0 Å². The van der Waals surface area contributed by atoms with Gasteiger partial charge in [0, 0.05) is 11.1 Å². The predicted octanol–water partition coefficient (Wildman–Crippen LogP) is 5.46. The van der Waals surface area contributed by atoms with Crippen LogP contribution in [0.2, 0.25) is 0 Å². The van der Waals surface area contributed by atoms with E-state index in [0.717, 1.165) is 59.9 Å². The zero-order valence-corrected chi connectivity index (χ0v) is 17.7. The van der Waals surface area contributed by atoms with Crippen molar-refractivity contribution in [3.8, 4) is 22.4 Å². The van der Waals surface area contributed by atoms with E-state index < -0.39 is 0 Å². The van der Waals surface area contributed by atoms with Crippen LogP contribution in [0, 0.1) is 19.4 Å². The number of benzene rings is 2. The SMILES string of the molecule is [C-]#[N+]c1ccc(-c2cc(CCC3CCNC3)c3ncnn3c2-c2ccc(C)cc2)cc1. The van der Waals surface area contributed by atoms with Gasteiger partial charge in [-0.3, -0.25) is 0 Å². The molecule has 4 aromatic rings. The van der Waals surface area contributed by atoms with Gasteiger partial charge in [0.05, 0.1) is 12.3 Å². The highest BCUT2D eigenvalue weighted by molar-refractivity contribution is 5.84. The average Bonchev–Trinajstić information content (AvgIpc) is 3.50. The van der Waals surface area contributed by atoms with E-state index in [9.17, 15) is 0 Å². The first kappa shape index (κ1) is 19.5. The third kappa shape index (κ3) is 3.83. The Hall–Kier alpha value is -3.49. The second-order valence-electron chi connectivity index (χ2n) is 8.35. The Morgan fingerprint density at radius 2 is 1.87 bits per heavy atom. The average molecular weight is 408 g/mol. The number of rotatable bonds is 5. The fourth-order valence-corrected chi connectivity index (χ4v) is 4.47. The highest BCUT2D eigenvalue weighted by Gasteiger charge is 2.19. The van der Waals surface area contributed by atoms with Gasteiger partial charge in [0.1, 0.15) is 6.33 Å². The Bertz CT molecular complexity index is 1240. The number of hydrogen-bond donors (Lipinski definition) is 1. The van der Waals surface area contributed by atoms with Crippen LogP contribution < -0.4 is 5.32 Å². The van der Waals surface area contributed by atoms with Gasteiger partial charge in [-0.05, 0) is 62.4 Å². The van der Waals surface area contributed by atoms with Crippen molar-refractivity contribution in [3.63, 3.8) is 0 Å². The third-order valence-corrected chi connectivity index (χ3v) is 6.24. The van der Waals surface area contributed by atoms with Crippen molar-refractivity contribution in [2.75, 3.05) is 13.1 Å². The second-order valence-corrected chi connectivity index (χ2v) is 8.35. The number of nitrogens with one attached hydrogen (secondary N) is 1. The van der Waals surface area contributed by atoms with E-state index >= 15 is 0 Å². The molecule has 1 aliphatic rings. The zero-order valence-electron chi connectivity index (χ0n) is 17.7. The van der Waals surface area contributed by atoms with Crippen molar-refractivity contribution in [3.05, 3.63) is 83.5 Å². The van der Waals surface area contributed by atoms with Crippen LogP contribution in [0.5, 0.6) is 0 Å². The molecule has 1 fully saturated rings. The fourth-order valence-electron chi connectivity index (χ4n) is 4.47. The van der Waals surface area contributed by atoms with Crippen molar-refractivity contribution < 1.29 is 0 Å². The zero-order chi connectivity index (χ0) is 21.2. The number of nitrogens with zero attached hydrogens (tertiary/aromatic N) is 4. The first-order valence-corrected chi connectivity index (χ1v) is 10.8. The molecule has 5 nitrogen and oxygen atoms in total. The molecule has 1 N–H and O–H groups in total. The smallest absolute Gasteiger partial charge is 0.187 e. The van der Waals surface area contributed by atoms with Crippen molar-refractivity contribution >= 4 is 11.3 Å². The van der Waals surface area contributed by atoms with Crippen molar-refractivity contribution in [2.24, 2.45) is 5.92 Å². The minimum absolute atomic E-state index is 0.649. The van der Waals surface area contributed by atoms with Gasteiger partial charge in [0.15, 0.2) is 11.3 Å². The van der Waals surface area contributed by atoms with Crippen LogP contribution in [0.1, 0.15) is 24.0 Å². The maximum atomic E-state index is 7.27. The number of aryl methyl sites for hydroxylation is 2. The quantitative estimate of drug-likeness (QED) is 0.447. The lowest BCUT2D eigenvalue weighted by atomic mass is 9.94. The van der Waals surface area contributed by atoms with Crippen LogP contribution in [0.25, 0.3) is 32.9 Å². The molecular weight excluding hydrogens is 382 g/mol. The van der Waals surface area contributed by atoms with Gasteiger partial charge in [-0.1, -0.05) is 54.1 Å². The van der Waals surface area contributed by atoms with Crippen LogP contribution in [0.15, 0.2) is 60.9 Å². The van der Waals surface area contributed by atoms with Gasteiger partial charge in [-0.15, -0.1) is 0 Å². The highest BCUT2D eigenvalue weighted by Crippen LogP contribution is 2.35. The largest absolute Gasteiger partial charge is 0.316 e. The number of pyridine rings is 1.